The molecule has 0 aliphatic heterocycles. The number of hydrogen-bond acceptors (Lipinski definition) is 12. The van der Waals surface area contributed by atoms with Crippen molar-refractivity contribution in [2.24, 2.45) is 0 Å². The molecular weight excluding hydrogens is 499 g/mol. The van der Waals surface area contributed by atoms with Gasteiger partial charge in [0.25, 0.3) is 0 Å². The van der Waals surface area contributed by atoms with Gasteiger partial charge in [-0.05, 0) is 0 Å². The SMILES string of the molecule is O=S([O-])[O-].O=S([O-])[O-].O=S([O-])[O-].O=S([O-])[O-].[Hf+4]. The van der Waals surface area contributed by atoms with Crippen molar-refractivity contribution in [2.45, 2.75) is 0 Å². The summed E-state index contributed by atoms with van der Waals surface area (Å²) in [5.41, 5.74) is 0. The fraction of sp³-hybridized carbons (Fsp3) is 0. The van der Waals surface area contributed by atoms with Crippen molar-refractivity contribution in [3.63, 3.8) is 0 Å². The van der Waals surface area contributed by atoms with Crippen molar-refractivity contribution in [3.8, 4) is 0 Å². The van der Waals surface area contributed by atoms with Crippen molar-refractivity contribution in [2.75, 3.05) is 0 Å². The second kappa shape index (κ2) is 25.9. The first-order valence-corrected chi connectivity index (χ1v) is 6.00. The first-order valence-electron chi connectivity index (χ1n) is 2.00. The average molecular weight is 499 g/mol. The molecule has 0 saturated carbocycles. The Morgan fingerprint density at radius 3 is 0.412 bits per heavy atom. The molecule has 0 atom stereocenters. The van der Waals surface area contributed by atoms with Crippen LogP contribution >= 0.6 is 0 Å². The van der Waals surface area contributed by atoms with E-state index in [4.69, 9.17) is 53.3 Å². The average Bonchev–Trinajstić information content (AvgIpc) is 1.76. The Bertz CT molecular complexity index is 159. The van der Waals surface area contributed by atoms with Gasteiger partial charge in [0.1, 0.15) is 0 Å². The van der Waals surface area contributed by atoms with Crippen LogP contribution in [-0.4, -0.2) is 53.3 Å². The van der Waals surface area contributed by atoms with E-state index in [0.717, 1.165) is 0 Å². The zero-order chi connectivity index (χ0) is 14.3. The summed E-state index contributed by atoms with van der Waals surface area (Å²) in [6.07, 6.45) is 0. The third-order valence-corrected chi connectivity index (χ3v) is 0. The fourth-order valence-corrected chi connectivity index (χ4v) is 0. The van der Waals surface area contributed by atoms with Gasteiger partial charge in [0.05, 0.1) is 0 Å². The third kappa shape index (κ3) is 2980. The minimum Gasteiger partial charge on any atom is -0.784 e. The maximum absolute atomic E-state index is 8.44. The topological polar surface area (TPSA) is 253 Å². The Morgan fingerprint density at radius 1 is 0.412 bits per heavy atom. The van der Waals surface area contributed by atoms with Crippen LogP contribution in [0.5, 0.6) is 0 Å². The van der Waals surface area contributed by atoms with Gasteiger partial charge < -0.3 is 36.4 Å². The van der Waals surface area contributed by atoms with Crippen molar-refractivity contribution in [3.05, 3.63) is 0 Å². The molecule has 0 radical (unpaired) electrons. The van der Waals surface area contributed by atoms with Crippen molar-refractivity contribution in [1.29, 1.82) is 0 Å². The summed E-state index contributed by atoms with van der Waals surface area (Å²) >= 11 is -12.4. The maximum atomic E-state index is 8.44. The van der Waals surface area contributed by atoms with Crippen LogP contribution in [0.4, 0.5) is 0 Å². The maximum Gasteiger partial charge on any atom is 4.00 e. The molecule has 0 amide bonds. The van der Waals surface area contributed by atoms with Crippen LogP contribution in [0.1, 0.15) is 0 Å². The molecule has 0 aromatic heterocycles. The van der Waals surface area contributed by atoms with Gasteiger partial charge in [0.2, 0.25) is 0 Å². The molecule has 12 nitrogen and oxygen atoms in total. The van der Waals surface area contributed by atoms with E-state index < -0.39 is 45.4 Å². The second-order valence-electron chi connectivity index (χ2n) is 0.816. The number of rotatable bonds is 0. The van der Waals surface area contributed by atoms with Gasteiger partial charge in [-0.3, -0.25) is 16.8 Å². The van der Waals surface area contributed by atoms with E-state index in [9.17, 15) is 0 Å². The van der Waals surface area contributed by atoms with E-state index in [1.807, 2.05) is 0 Å². The molecule has 0 heterocycles. The molecule has 0 bridgehead atoms. The van der Waals surface area contributed by atoms with Crippen molar-refractivity contribution >= 4 is 45.4 Å². The molecule has 0 rings (SSSR count). The third-order valence-electron chi connectivity index (χ3n) is 0. The monoisotopic (exact) mass is 500 g/mol. The second-order valence-corrected chi connectivity index (χ2v) is 2.45. The molecule has 104 valence electrons. The fourth-order valence-electron chi connectivity index (χ4n) is 0. The first-order chi connectivity index (χ1) is 6.93. The van der Waals surface area contributed by atoms with Crippen molar-refractivity contribution in [1.82, 2.24) is 0 Å². The first kappa shape index (κ1) is 30.9. The molecule has 0 fully saturated rings. The summed E-state index contributed by atoms with van der Waals surface area (Å²) < 4.78 is 101. The summed E-state index contributed by atoms with van der Waals surface area (Å²) in [6.45, 7) is 0. The minimum absolute atomic E-state index is 0. The van der Waals surface area contributed by atoms with Gasteiger partial charge in [-0.25, -0.2) is 0 Å². The van der Waals surface area contributed by atoms with Crippen LogP contribution in [0.3, 0.4) is 0 Å². The van der Waals surface area contributed by atoms with Crippen LogP contribution in [0.2, 0.25) is 0 Å². The van der Waals surface area contributed by atoms with Gasteiger partial charge >= 0.3 is 25.8 Å². The Balaban J connectivity index is -0.0000000369. The zero-order valence-corrected chi connectivity index (χ0v) is 13.9. The Hall–Kier alpha value is 1.15. The largest absolute Gasteiger partial charge is 4.00 e. The van der Waals surface area contributed by atoms with E-state index in [-0.39, 0.29) is 25.8 Å². The van der Waals surface area contributed by atoms with Crippen LogP contribution in [0.15, 0.2) is 0 Å². The summed E-state index contributed by atoms with van der Waals surface area (Å²) in [7, 11) is 0. The Kier molecular flexibility index (Phi) is 47.0. The molecule has 0 N–H and O–H groups in total. The summed E-state index contributed by atoms with van der Waals surface area (Å²) in [5.74, 6) is 0. The summed E-state index contributed by atoms with van der Waals surface area (Å²) in [5, 5.41) is 0. The van der Waals surface area contributed by atoms with Gasteiger partial charge in [-0.15, -0.1) is 45.4 Å². The van der Waals surface area contributed by atoms with Crippen molar-refractivity contribution < 1.29 is 79.1 Å². The summed E-state index contributed by atoms with van der Waals surface area (Å²) in [6, 6.07) is 0. The molecule has 0 saturated heterocycles. The molecule has 0 aromatic rings. The van der Waals surface area contributed by atoms with E-state index in [1.165, 1.54) is 0 Å². The number of hydrogen-bond donors (Lipinski definition) is 0. The molecule has 17 heavy (non-hydrogen) atoms. The quantitative estimate of drug-likeness (QED) is 0.228. The standard InChI is InChI=1S/Hf.4H2O3S/c;4*1-4(2)3/h;4*(H2,1,2,3)/q+4;;;;/p-8. The molecular formula is HfO12S4-4. The van der Waals surface area contributed by atoms with E-state index in [2.05, 4.69) is 0 Å². The van der Waals surface area contributed by atoms with Gasteiger partial charge in [0.15, 0.2) is 0 Å². The predicted octanol–water partition coefficient (Wildman–Crippen LogP) is -4.02. The minimum atomic E-state index is -3.11. The van der Waals surface area contributed by atoms with Gasteiger partial charge in [0, 0.05) is 0 Å². The Labute approximate surface area is 124 Å². The molecule has 0 spiro atoms. The molecule has 0 aromatic carbocycles. The smallest absolute Gasteiger partial charge is 0.784 e. The molecule has 0 aliphatic carbocycles. The Morgan fingerprint density at radius 2 is 0.412 bits per heavy atom. The molecule has 0 unspecified atom stereocenters. The predicted molar refractivity (Wildman–Crippen MR) is 38.8 cm³/mol. The van der Waals surface area contributed by atoms with Gasteiger partial charge in [-0.2, -0.15) is 0 Å². The van der Waals surface area contributed by atoms with Crippen LogP contribution in [0.25, 0.3) is 0 Å². The van der Waals surface area contributed by atoms with Crippen LogP contribution < -0.4 is 0 Å². The zero-order valence-electron chi connectivity index (χ0n) is 7.03. The van der Waals surface area contributed by atoms with Crippen LogP contribution in [0, 0.1) is 0 Å². The van der Waals surface area contributed by atoms with E-state index in [1.54, 1.807) is 0 Å². The van der Waals surface area contributed by atoms with Gasteiger partial charge in [-0.1, -0.05) is 0 Å². The molecule has 17 heteroatoms. The molecule has 0 aliphatic rings. The van der Waals surface area contributed by atoms with Crippen LogP contribution in [-0.2, 0) is 71.3 Å². The van der Waals surface area contributed by atoms with E-state index in [0.29, 0.717) is 0 Å². The normalized spacial score (nSPS) is 8.24. The summed E-state index contributed by atoms with van der Waals surface area (Å²) in [4.78, 5) is 0. The van der Waals surface area contributed by atoms with E-state index >= 15 is 0 Å².